The summed E-state index contributed by atoms with van der Waals surface area (Å²) in [5.74, 6) is 0. The fraction of sp³-hybridized carbons (Fsp3) is 0.0638. The summed E-state index contributed by atoms with van der Waals surface area (Å²) in [7, 11) is -2.50. The molecular formula is C47H39NSi. The largest absolute Gasteiger partial charge is 0.310 e. The van der Waals surface area contributed by atoms with Gasteiger partial charge in [0.1, 0.15) is 0 Å². The van der Waals surface area contributed by atoms with Gasteiger partial charge in [0.25, 0.3) is 0 Å². The minimum atomic E-state index is -2.50. The van der Waals surface area contributed by atoms with Crippen molar-refractivity contribution in [3.63, 3.8) is 0 Å². The topological polar surface area (TPSA) is 3.24 Å². The van der Waals surface area contributed by atoms with Gasteiger partial charge in [-0.2, -0.15) is 0 Å². The lowest BCUT2D eigenvalue weighted by molar-refractivity contribution is 0.660. The van der Waals surface area contributed by atoms with Crippen LogP contribution in [0, 0.1) is 0 Å². The van der Waals surface area contributed by atoms with Crippen molar-refractivity contribution in [2.75, 3.05) is 4.90 Å². The van der Waals surface area contributed by atoms with E-state index in [2.05, 4.69) is 219 Å². The third-order valence-corrected chi connectivity index (χ3v) is 14.6. The molecule has 0 spiro atoms. The van der Waals surface area contributed by atoms with E-state index in [-0.39, 0.29) is 5.41 Å². The molecule has 0 atom stereocenters. The van der Waals surface area contributed by atoms with Crippen molar-refractivity contribution >= 4 is 46.8 Å². The third kappa shape index (κ3) is 5.45. The number of anilines is 3. The zero-order chi connectivity index (χ0) is 33.3. The highest BCUT2D eigenvalue weighted by molar-refractivity contribution is 7.15. The predicted molar refractivity (Wildman–Crippen MR) is 212 cm³/mol. The van der Waals surface area contributed by atoms with Gasteiger partial charge in [-0.15, -0.1) is 0 Å². The van der Waals surface area contributed by atoms with Crippen LogP contribution in [-0.4, -0.2) is 8.07 Å². The second kappa shape index (κ2) is 12.7. The molecule has 8 rings (SSSR count). The van der Waals surface area contributed by atoms with Crippen molar-refractivity contribution < 1.29 is 0 Å². The van der Waals surface area contributed by atoms with Crippen molar-refractivity contribution in [3.05, 3.63) is 210 Å². The molecule has 7 aromatic carbocycles. The van der Waals surface area contributed by atoms with Crippen molar-refractivity contribution in [1.82, 2.24) is 0 Å². The highest BCUT2D eigenvalue weighted by Crippen LogP contribution is 2.51. The van der Waals surface area contributed by atoms with Crippen molar-refractivity contribution in [2.45, 2.75) is 19.3 Å². The van der Waals surface area contributed by atoms with Gasteiger partial charge in [-0.3, -0.25) is 0 Å². The first-order valence-corrected chi connectivity index (χ1v) is 19.2. The lowest BCUT2D eigenvalue weighted by Crippen LogP contribution is -2.66. The average molecular weight is 646 g/mol. The van der Waals surface area contributed by atoms with Crippen LogP contribution < -0.4 is 20.5 Å². The van der Waals surface area contributed by atoms with E-state index in [1.54, 1.807) is 0 Å². The Labute approximate surface area is 291 Å². The number of hydrogen-bond acceptors (Lipinski definition) is 1. The normalized spacial score (nSPS) is 13.2. The quantitative estimate of drug-likeness (QED) is 0.117. The van der Waals surface area contributed by atoms with Crippen LogP contribution in [0.1, 0.15) is 30.5 Å². The number of benzene rings is 7. The Kier molecular flexibility index (Phi) is 7.95. The molecule has 2 heteroatoms. The smallest absolute Gasteiger partial charge is 0.172 e. The monoisotopic (exact) mass is 645 g/mol. The fourth-order valence-corrected chi connectivity index (χ4v) is 11.9. The lowest BCUT2D eigenvalue weighted by Gasteiger charge is -2.31. The Bertz CT molecular complexity index is 2090. The van der Waals surface area contributed by atoms with Gasteiger partial charge in [0, 0.05) is 22.5 Å². The van der Waals surface area contributed by atoms with E-state index in [1.165, 1.54) is 49.1 Å². The van der Waals surface area contributed by atoms with E-state index < -0.39 is 8.07 Å². The summed E-state index contributed by atoms with van der Waals surface area (Å²) in [6.45, 7) is 4.75. The molecule has 0 unspecified atom stereocenters. The standard InChI is InChI=1S/C47H39NSi/c1-47(2)45-34-36(32-33-49(40-22-12-5-13-23-40,41-24-14-6-15-25-41)42-26-16-7-17-27-42)28-30-43(45)44-31-29-39(35-46(44)47)48(37-18-8-3-9-19-37)38-20-10-4-11-21-38/h3-35H,1-2H3. The fourth-order valence-electron chi connectivity index (χ4n) is 7.70. The van der Waals surface area contributed by atoms with Gasteiger partial charge in [0.2, 0.25) is 0 Å². The van der Waals surface area contributed by atoms with Crippen molar-refractivity contribution in [3.8, 4) is 11.1 Å². The van der Waals surface area contributed by atoms with E-state index in [9.17, 15) is 0 Å². The highest BCUT2D eigenvalue weighted by atomic mass is 28.3. The Morgan fingerprint density at radius 3 is 1.31 bits per heavy atom. The first kappa shape index (κ1) is 30.6. The van der Waals surface area contributed by atoms with E-state index in [4.69, 9.17) is 0 Å². The number of hydrogen-bond donors (Lipinski definition) is 0. The first-order chi connectivity index (χ1) is 24.1. The molecule has 0 saturated carbocycles. The van der Waals surface area contributed by atoms with Gasteiger partial charge < -0.3 is 4.90 Å². The van der Waals surface area contributed by atoms with Crippen LogP contribution in [0.5, 0.6) is 0 Å². The van der Waals surface area contributed by atoms with Crippen LogP contribution in [0.3, 0.4) is 0 Å². The molecular weight excluding hydrogens is 607 g/mol. The molecule has 1 aliphatic carbocycles. The number of nitrogens with zero attached hydrogens (tertiary/aromatic N) is 1. The zero-order valence-electron chi connectivity index (χ0n) is 28.0. The molecule has 0 heterocycles. The van der Waals surface area contributed by atoms with Crippen LogP contribution in [0.25, 0.3) is 17.2 Å². The van der Waals surface area contributed by atoms with Gasteiger partial charge in [0.05, 0.1) is 0 Å². The van der Waals surface area contributed by atoms with Crippen molar-refractivity contribution in [2.24, 2.45) is 0 Å². The van der Waals surface area contributed by atoms with E-state index in [0.29, 0.717) is 0 Å². The van der Waals surface area contributed by atoms with Gasteiger partial charge in [-0.25, -0.2) is 0 Å². The van der Waals surface area contributed by atoms with Crippen LogP contribution in [0.4, 0.5) is 17.1 Å². The summed E-state index contributed by atoms with van der Waals surface area (Å²) < 4.78 is 0. The molecule has 1 nitrogen and oxygen atoms in total. The van der Waals surface area contributed by atoms with Gasteiger partial charge in [0.15, 0.2) is 8.07 Å². The van der Waals surface area contributed by atoms with E-state index >= 15 is 0 Å². The molecule has 7 aromatic rings. The molecule has 0 aromatic heterocycles. The zero-order valence-corrected chi connectivity index (χ0v) is 29.0. The first-order valence-electron chi connectivity index (χ1n) is 17.1. The molecule has 0 bridgehead atoms. The molecule has 0 saturated heterocycles. The number of fused-ring (bicyclic) bond motifs is 3. The van der Waals surface area contributed by atoms with Crippen LogP contribution in [0.2, 0.25) is 0 Å². The van der Waals surface area contributed by atoms with E-state index in [0.717, 1.165) is 11.4 Å². The second-order valence-corrected chi connectivity index (χ2v) is 17.1. The minimum absolute atomic E-state index is 0.156. The SMILES string of the molecule is CC1(C)c2cc(C=C[Si](c3ccccc3)(c3ccccc3)c3ccccc3)ccc2-c2ccc(N(c3ccccc3)c3ccccc3)cc21. The van der Waals surface area contributed by atoms with Gasteiger partial charge in [-0.1, -0.05) is 177 Å². The molecule has 0 aliphatic heterocycles. The Morgan fingerprint density at radius 2 is 0.837 bits per heavy atom. The molecule has 0 radical (unpaired) electrons. The summed E-state index contributed by atoms with van der Waals surface area (Å²) >= 11 is 0. The van der Waals surface area contributed by atoms with Gasteiger partial charge >= 0.3 is 0 Å². The molecule has 0 N–H and O–H groups in total. The number of para-hydroxylation sites is 2. The van der Waals surface area contributed by atoms with Gasteiger partial charge in [-0.05, 0) is 79.8 Å². The molecule has 0 amide bonds. The maximum Gasteiger partial charge on any atom is 0.172 e. The second-order valence-electron chi connectivity index (χ2n) is 13.4. The maximum absolute atomic E-state index is 2.54. The summed E-state index contributed by atoms with van der Waals surface area (Å²) in [5.41, 5.74) is 12.5. The average Bonchev–Trinajstić information content (AvgIpc) is 3.39. The van der Waals surface area contributed by atoms with Crippen LogP contribution >= 0.6 is 0 Å². The summed E-state index contributed by atoms with van der Waals surface area (Å²) in [6, 6.07) is 68.7. The lowest BCUT2D eigenvalue weighted by atomic mass is 9.82. The summed E-state index contributed by atoms with van der Waals surface area (Å²) in [5, 5.41) is 4.14. The Morgan fingerprint density at radius 1 is 0.429 bits per heavy atom. The Balaban J connectivity index is 1.22. The third-order valence-electron chi connectivity index (χ3n) is 10.2. The van der Waals surface area contributed by atoms with Crippen LogP contribution in [-0.2, 0) is 5.41 Å². The molecule has 49 heavy (non-hydrogen) atoms. The highest BCUT2D eigenvalue weighted by Gasteiger charge is 2.38. The summed E-state index contributed by atoms with van der Waals surface area (Å²) in [4.78, 5) is 2.36. The summed E-state index contributed by atoms with van der Waals surface area (Å²) in [6.07, 6.45) is 2.39. The molecule has 236 valence electrons. The van der Waals surface area contributed by atoms with Crippen LogP contribution in [0.15, 0.2) is 194 Å². The maximum atomic E-state index is 2.54. The minimum Gasteiger partial charge on any atom is -0.310 e. The molecule has 0 fully saturated rings. The van der Waals surface area contributed by atoms with Crippen molar-refractivity contribution in [1.29, 1.82) is 0 Å². The van der Waals surface area contributed by atoms with E-state index in [1.807, 2.05) is 0 Å². The number of rotatable bonds is 8. The Hall–Kier alpha value is -5.70. The molecule has 1 aliphatic rings. The predicted octanol–water partition coefficient (Wildman–Crippen LogP) is 10.2.